The molecule has 128 valence electrons. The molecule has 2 aliphatic rings. The molecule has 23 heavy (non-hydrogen) atoms. The Morgan fingerprint density at radius 1 is 1.30 bits per heavy atom. The van der Waals surface area contributed by atoms with Crippen LogP contribution in [0.4, 0.5) is 4.39 Å². The molecule has 1 saturated heterocycles. The number of hydrogen-bond acceptors (Lipinski definition) is 2. The topological polar surface area (TPSA) is 32.3 Å². The second kappa shape index (κ2) is 8.11. The number of carbonyl (C=O) groups is 1. The summed E-state index contributed by atoms with van der Waals surface area (Å²) >= 11 is 0. The minimum atomic E-state index is -0.278. The van der Waals surface area contributed by atoms with E-state index in [0.29, 0.717) is 6.04 Å². The Balaban J connectivity index is 0.00000192. The Hall–Kier alpha value is -1.13. The maximum Gasteiger partial charge on any atom is 0.229 e. The SMILES string of the molecule is CC(C(=O)N1CCC(NCC2CC2)CC1)c1cccc(F)c1.Cl. The van der Waals surface area contributed by atoms with E-state index in [1.54, 1.807) is 6.07 Å². The lowest BCUT2D eigenvalue weighted by Gasteiger charge is -2.34. The molecular weight excluding hydrogens is 315 g/mol. The summed E-state index contributed by atoms with van der Waals surface area (Å²) in [5, 5.41) is 3.62. The van der Waals surface area contributed by atoms with Gasteiger partial charge in [-0.25, -0.2) is 4.39 Å². The molecule has 1 atom stereocenters. The molecule has 1 N–H and O–H groups in total. The van der Waals surface area contributed by atoms with Crippen molar-refractivity contribution in [3.05, 3.63) is 35.6 Å². The van der Waals surface area contributed by atoms with Crippen LogP contribution in [0.15, 0.2) is 24.3 Å². The Bertz CT molecular complexity index is 528. The number of likely N-dealkylation sites (tertiary alicyclic amines) is 1. The van der Waals surface area contributed by atoms with Crippen molar-refractivity contribution in [3.8, 4) is 0 Å². The van der Waals surface area contributed by atoms with E-state index >= 15 is 0 Å². The molecule has 0 aromatic heterocycles. The van der Waals surface area contributed by atoms with Crippen LogP contribution in [0.25, 0.3) is 0 Å². The van der Waals surface area contributed by atoms with E-state index in [2.05, 4.69) is 5.32 Å². The van der Waals surface area contributed by atoms with Gasteiger partial charge in [0.25, 0.3) is 0 Å². The molecule has 2 fully saturated rings. The van der Waals surface area contributed by atoms with Crippen LogP contribution in [-0.4, -0.2) is 36.5 Å². The van der Waals surface area contributed by atoms with Gasteiger partial charge in [0.2, 0.25) is 5.91 Å². The van der Waals surface area contributed by atoms with E-state index in [1.165, 1.54) is 25.0 Å². The van der Waals surface area contributed by atoms with E-state index in [0.717, 1.165) is 44.0 Å². The Morgan fingerprint density at radius 3 is 2.61 bits per heavy atom. The number of piperidine rings is 1. The highest BCUT2D eigenvalue weighted by Crippen LogP contribution is 2.28. The molecular formula is C18H26ClFN2O. The lowest BCUT2D eigenvalue weighted by atomic mass is 9.97. The summed E-state index contributed by atoms with van der Waals surface area (Å²) < 4.78 is 13.3. The number of amides is 1. The zero-order valence-electron chi connectivity index (χ0n) is 13.6. The monoisotopic (exact) mass is 340 g/mol. The van der Waals surface area contributed by atoms with Crippen molar-refractivity contribution in [2.45, 2.75) is 44.6 Å². The van der Waals surface area contributed by atoms with Crippen LogP contribution < -0.4 is 5.32 Å². The molecule has 1 saturated carbocycles. The van der Waals surface area contributed by atoms with E-state index in [9.17, 15) is 9.18 Å². The van der Waals surface area contributed by atoms with E-state index < -0.39 is 0 Å². The van der Waals surface area contributed by atoms with Crippen molar-refractivity contribution in [2.24, 2.45) is 5.92 Å². The first kappa shape index (κ1) is 18.2. The summed E-state index contributed by atoms with van der Waals surface area (Å²) in [5.41, 5.74) is 0.763. The van der Waals surface area contributed by atoms with Crippen molar-refractivity contribution >= 4 is 18.3 Å². The van der Waals surface area contributed by atoms with Crippen molar-refractivity contribution in [3.63, 3.8) is 0 Å². The molecule has 1 amide bonds. The summed E-state index contributed by atoms with van der Waals surface area (Å²) in [6.45, 7) is 4.62. The summed E-state index contributed by atoms with van der Waals surface area (Å²) in [7, 11) is 0. The van der Waals surface area contributed by atoms with Crippen molar-refractivity contribution in [1.82, 2.24) is 10.2 Å². The highest BCUT2D eigenvalue weighted by Gasteiger charge is 2.28. The molecule has 1 aliphatic carbocycles. The lowest BCUT2D eigenvalue weighted by Crippen LogP contribution is -2.46. The third-order valence-electron chi connectivity index (χ3n) is 4.92. The van der Waals surface area contributed by atoms with E-state index in [1.807, 2.05) is 17.9 Å². The Labute approximate surface area is 144 Å². The minimum absolute atomic E-state index is 0. The maximum atomic E-state index is 13.3. The standard InChI is InChI=1S/C18H25FN2O.ClH/c1-13(15-3-2-4-16(19)11-15)18(22)21-9-7-17(8-10-21)20-12-14-5-6-14;/h2-4,11,13-14,17,20H,5-10,12H2,1H3;1H. The van der Waals surface area contributed by atoms with Crippen LogP contribution in [0.2, 0.25) is 0 Å². The highest BCUT2D eigenvalue weighted by atomic mass is 35.5. The highest BCUT2D eigenvalue weighted by molar-refractivity contribution is 5.85. The number of hydrogen-bond donors (Lipinski definition) is 1. The van der Waals surface area contributed by atoms with Gasteiger partial charge in [-0.05, 0) is 62.8 Å². The van der Waals surface area contributed by atoms with Gasteiger partial charge < -0.3 is 10.2 Å². The summed E-state index contributed by atoms with van der Waals surface area (Å²) in [5.74, 6) is 0.464. The molecule has 1 aromatic rings. The van der Waals surface area contributed by atoms with Crippen LogP contribution >= 0.6 is 12.4 Å². The lowest BCUT2D eigenvalue weighted by molar-refractivity contribution is -0.133. The van der Waals surface area contributed by atoms with Gasteiger partial charge in [-0.3, -0.25) is 4.79 Å². The molecule has 3 nitrogen and oxygen atoms in total. The number of halogens is 2. The van der Waals surface area contributed by atoms with Gasteiger partial charge in [-0.1, -0.05) is 12.1 Å². The molecule has 0 radical (unpaired) electrons. The molecule has 1 unspecified atom stereocenters. The first-order chi connectivity index (χ1) is 10.6. The second-order valence-corrected chi connectivity index (χ2v) is 6.73. The van der Waals surface area contributed by atoms with Crippen molar-refractivity contribution in [1.29, 1.82) is 0 Å². The predicted molar refractivity (Wildman–Crippen MR) is 92.4 cm³/mol. The summed E-state index contributed by atoms with van der Waals surface area (Å²) in [6.07, 6.45) is 4.79. The first-order valence-electron chi connectivity index (χ1n) is 8.41. The van der Waals surface area contributed by atoms with Crippen LogP contribution in [0, 0.1) is 11.7 Å². The first-order valence-corrected chi connectivity index (χ1v) is 8.41. The third-order valence-corrected chi connectivity index (χ3v) is 4.92. The molecule has 5 heteroatoms. The van der Waals surface area contributed by atoms with Crippen LogP contribution in [0.3, 0.4) is 0 Å². The van der Waals surface area contributed by atoms with Gasteiger partial charge in [0, 0.05) is 19.1 Å². The van der Waals surface area contributed by atoms with Crippen LogP contribution in [0.1, 0.15) is 44.1 Å². The molecule has 1 aliphatic heterocycles. The molecule has 1 aromatic carbocycles. The minimum Gasteiger partial charge on any atom is -0.342 e. The van der Waals surface area contributed by atoms with Gasteiger partial charge >= 0.3 is 0 Å². The predicted octanol–water partition coefficient (Wildman–Crippen LogP) is 3.34. The number of benzene rings is 1. The van der Waals surface area contributed by atoms with Crippen LogP contribution in [0.5, 0.6) is 0 Å². The maximum absolute atomic E-state index is 13.3. The summed E-state index contributed by atoms with van der Waals surface area (Å²) in [6, 6.07) is 6.93. The fourth-order valence-electron chi connectivity index (χ4n) is 3.15. The molecule has 1 heterocycles. The number of carbonyl (C=O) groups excluding carboxylic acids is 1. The average Bonchev–Trinajstić information content (AvgIpc) is 3.36. The molecule has 0 bridgehead atoms. The van der Waals surface area contributed by atoms with E-state index in [4.69, 9.17) is 0 Å². The fraction of sp³-hybridized carbons (Fsp3) is 0.611. The quantitative estimate of drug-likeness (QED) is 0.891. The molecule has 3 rings (SSSR count). The van der Waals surface area contributed by atoms with Crippen LogP contribution in [-0.2, 0) is 4.79 Å². The van der Waals surface area contributed by atoms with Gasteiger partial charge in [-0.2, -0.15) is 0 Å². The zero-order valence-corrected chi connectivity index (χ0v) is 14.4. The Kier molecular flexibility index (Phi) is 6.42. The van der Waals surface area contributed by atoms with Gasteiger partial charge in [0.15, 0.2) is 0 Å². The van der Waals surface area contributed by atoms with Crippen molar-refractivity contribution in [2.75, 3.05) is 19.6 Å². The van der Waals surface area contributed by atoms with E-state index in [-0.39, 0.29) is 30.0 Å². The van der Waals surface area contributed by atoms with Gasteiger partial charge in [0.1, 0.15) is 5.82 Å². The van der Waals surface area contributed by atoms with Gasteiger partial charge in [0.05, 0.1) is 5.92 Å². The third kappa shape index (κ3) is 4.92. The smallest absolute Gasteiger partial charge is 0.229 e. The molecule has 0 spiro atoms. The Morgan fingerprint density at radius 2 is 2.00 bits per heavy atom. The summed E-state index contributed by atoms with van der Waals surface area (Å²) in [4.78, 5) is 14.5. The van der Waals surface area contributed by atoms with Gasteiger partial charge in [-0.15, -0.1) is 12.4 Å². The second-order valence-electron chi connectivity index (χ2n) is 6.73. The number of nitrogens with zero attached hydrogens (tertiary/aromatic N) is 1. The fourth-order valence-corrected chi connectivity index (χ4v) is 3.15. The normalized spacial score (nSPS) is 20.0. The zero-order chi connectivity index (χ0) is 15.5. The number of rotatable bonds is 5. The number of nitrogens with one attached hydrogen (secondary N) is 1. The largest absolute Gasteiger partial charge is 0.342 e. The average molecular weight is 341 g/mol. The van der Waals surface area contributed by atoms with Crippen molar-refractivity contribution < 1.29 is 9.18 Å².